The van der Waals surface area contributed by atoms with Crippen LogP contribution in [0.1, 0.15) is 30.1 Å². The zero-order chi connectivity index (χ0) is 16.1. The second kappa shape index (κ2) is 7.37. The quantitative estimate of drug-likeness (QED) is 0.782. The maximum atomic E-state index is 12.2. The molecule has 2 aromatic rings. The molecule has 3 rings (SSSR count). The number of aryl methyl sites for hydroxylation is 1. The van der Waals surface area contributed by atoms with Crippen molar-refractivity contribution in [3.8, 4) is 0 Å². The summed E-state index contributed by atoms with van der Waals surface area (Å²) in [6, 6.07) is 10.5. The highest BCUT2D eigenvalue weighted by Crippen LogP contribution is 2.21. The van der Waals surface area contributed by atoms with Gasteiger partial charge in [-0.3, -0.25) is 4.79 Å². The Morgan fingerprint density at radius 3 is 2.83 bits per heavy atom. The number of ether oxygens (including phenoxy) is 1. The summed E-state index contributed by atoms with van der Waals surface area (Å²) >= 11 is 0. The molecule has 2 heterocycles. The van der Waals surface area contributed by atoms with Crippen molar-refractivity contribution in [2.45, 2.75) is 31.9 Å². The van der Waals surface area contributed by atoms with Crippen LogP contribution in [0.3, 0.4) is 0 Å². The van der Waals surface area contributed by atoms with Crippen LogP contribution in [0.4, 0.5) is 0 Å². The summed E-state index contributed by atoms with van der Waals surface area (Å²) < 4.78 is 6.87. The fraction of sp³-hybridized carbons (Fsp3) is 0.471. The zero-order valence-electron chi connectivity index (χ0n) is 13.4. The fourth-order valence-corrected chi connectivity index (χ4v) is 2.78. The van der Waals surface area contributed by atoms with Crippen molar-refractivity contribution < 1.29 is 9.53 Å². The van der Waals surface area contributed by atoms with E-state index < -0.39 is 0 Å². The second-order valence-electron chi connectivity index (χ2n) is 5.91. The molecule has 1 aliphatic rings. The monoisotopic (exact) mass is 314 g/mol. The molecule has 0 bridgehead atoms. The molecule has 1 aromatic heterocycles. The third kappa shape index (κ3) is 3.96. The molecule has 0 N–H and O–H groups in total. The number of methoxy groups -OCH3 is 1. The van der Waals surface area contributed by atoms with Crippen molar-refractivity contribution >= 4 is 5.91 Å². The fourth-order valence-electron chi connectivity index (χ4n) is 2.78. The van der Waals surface area contributed by atoms with E-state index in [1.54, 1.807) is 7.11 Å². The highest BCUT2D eigenvalue weighted by molar-refractivity contribution is 5.77. The number of aromatic nitrogens is 3. The molecule has 0 radical (unpaired) electrons. The lowest BCUT2D eigenvalue weighted by molar-refractivity contribution is -0.137. The number of hydrogen-bond acceptors (Lipinski definition) is 4. The van der Waals surface area contributed by atoms with E-state index in [4.69, 9.17) is 4.74 Å². The molecule has 1 aromatic carbocycles. The van der Waals surface area contributed by atoms with E-state index in [-0.39, 0.29) is 11.9 Å². The highest BCUT2D eigenvalue weighted by atomic mass is 16.5. The van der Waals surface area contributed by atoms with E-state index in [2.05, 4.69) is 22.4 Å². The Balaban J connectivity index is 1.39. The molecule has 0 spiro atoms. The lowest BCUT2D eigenvalue weighted by Crippen LogP contribution is -2.50. The van der Waals surface area contributed by atoms with E-state index in [1.165, 1.54) is 5.56 Å². The maximum absolute atomic E-state index is 12.2. The molecule has 0 aliphatic carbocycles. The Labute approximate surface area is 136 Å². The Kier molecular flexibility index (Phi) is 5.02. The van der Waals surface area contributed by atoms with Crippen LogP contribution in [-0.4, -0.2) is 46.0 Å². The van der Waals surface area contributed by atoms with Gasteiger partial charge < -0.3 is 9.64 Å². The van der Waals surface area contributed by atoms with Crippen LogP contribution in [0, 0.1) is 0 Å². The first-order valence-electron chi connectivity index (χ1n) is 7.97. The summed E-state index contributed by atoms with van der Waals surface area (Å²) in [6.07, 6.45) is 4.35. The lowest BCUT2D eigenvalue weighted by atomic mass is 10.1. The Morgan fingerprint density at radius 1 is 1.30 bits per heavy atom. The Bertz CT molecular complexity index is 635. The first-order valence-corrected chi connectivity index (χ1v) is 7.97. The van der Waals surface area contributed by atoms with E-state index >= 15 is 0 Å². The first-order chi connectivity index (χ1) is 11.3. The number of hydrogen-bond donors (Lipinski definition) is 0. The zero-order valence-corrected chi connectivity index (χ0v) is 13.4. The molecule has 122 valence electrons. The van der Waals surface area contributed by atoms with Crippen LogP contribution in [0.2, 0.25) is 0 Å². The molecule has 6 heteroatoms. The second-order valence-corrected chi connectivity index (χ2v) is 5.91. The van der Waals surface area contributed by atoms with Gasteiger partial charge in [-0.2, -0.15) is 0 Å². The molecule has 23 heavy (non-hydrogen) atoms. The topological polar surface area (TPSA) is 60.2 Å². The number of benzene rings is 1. The average molecular weight is 314 g/mol. The molecule has 1 aliphatic heterocycles. The summed E-state index contributed by atoms with van der Waals surface area (Å²) in [5.41, 5.74) is 2.11. The average Bonchev–Trinajstić information content (AvgIpc) is 2.95. The number of rotatable bonds is 7. The molecule has 1 amide bonds. The molecular formula is C17H22N4O2. The van der Waals surface area contributed by atoms with E-state index in [1.807, 2.05) is 34.0 Å². The molecule has 0 saturated carbocycles. The number of carbonyl (C=O) groups excluding carboxylic acids is 1. The van der Waals surface area contributed by atoms with Crippen LogP contribution in [-0.2, 0) is 22.6 Å². The van der Waals surface area contributed by atoms with Crippen molar-refractivity contribution in [2.24, 2.45) is 0 Å². The van der Waals surface area contributed by atoms with E-state index in [0.29, 0.717) is 13.0 Å². The standard InChI is InChI=1S/C17H22N4O2/c1-23-13-15-10-21(19-18-15)16-11-20(12-16)17(22)9-5-8-14-6-3-2-4-7-14/h2-4,6-7,10,16H,5,8-9,11-13H2,1H3. The Hall–Kier alpha value is -2.21. The molecule has 6 nitrogen and oxygen atoms in total. The van der Waals surface area contributed by atoms with Crippen LogP contribution in [0.5, 0.6) is 0 Å². The van der Waals surface area contributed by atoms with Crippen LogP contribution in [0.15, 0.2) is 36.5 Å². The predicted molar refractivity (Wildman–Crippen MR) is 85.7 cm³/mol. The molecule has 0 atom stereocenters. The normalized spacial score (nSPS) is 14.7. The van der Waals surface area contributed by atoms with Crippen molar-refractivity contribution in [1.82, 2.24) is 19.9 Å². The first kappa shape index (κ1) is 15.7. The van der Waals surface area contributed by atoms with Gasteiger partial charge in [0.15, 0.2) is 0 Å². The molecule has 1 fully saturated rings. The van der Waals surface area contributed by atoms with Gasteiger partial charge in [-0.15, -0.1) is 5.10 Å². The minimum absolute atomic E-state index is 0.231. The number of carbonyl (C=O) groups is 1. The van der Waals surface area contributed by atoms with Gasteiger partial charge >= 0.3 is 0 Å². The van der Waals surface area contributed by atoms with E-state index in [9.17, 15) is 4.79 Å². The van der Waals surface area contributed by atoms with Gasteiger partial charge in [-0.05, 0) is 18.4 Å². The summed E-state index contributed by atoms with van der Waals surface area (Å²) in [7, 11) is 1.64. The van der Waals surface area contributed by atoms with E-state index in [0.717, 1.165) is 31.6 Å². The number of nitrogens with zero attached hydrogens (tertiary/aromatic N) is 4. The number of likely N-dealkylation sites (tertiary alicyclic amines) is 1. The minimum atomic E-state index is 0.231. The van der Waals surface area contributed by atoms with Gasteiger partial charge in [0, 0.05) is 26.6 Å². The minimum Gasteiger partial charge on any atom is -0.378 e. The number of amides is 1. The summed E-state index contributed by atoms with van der Waals surface area (Å²) in [4.78, 5) is 14.1. The Morgan fingerprint density at radius 2 is 2.09 bits per heavy atom. The third-order valence-electron chi connectivity index (χ3n) is 4.14. The molecular weight excluding hydrogens is 292 g/mol. The summed E-state index contributed by atoms with van der Waals surface area (Å²) in [5.74, 6) is 0.231. The van der Waals surface area contributed by atoms with Crippen molar-refractivity contribution in [1.29, 1.82) is 0 Å². The van der Waals surface area contributed by atoms with Crippen LogP contribution < -0.4 is 0 Å². The summed E-state index contributed by atoms with van der Waals surface area (Å²) in [5, 5.41) is 8.15. The van der Waals surface area contributed by atoms with Crippen LogP contribution >= 0.6 is 0 Å². The van der Waals surface area contributed by atoms with Crippen LogP contribution in [0.25, 0.3) is 0 Å². The van der Waals surface area contributed by atoms with Crippen molar-refractivity contribution in [3.05, 3.63) is 47.8 Å². The van der Waals surface area contributed by atoms with Gasteiger partial charge in [-0.1, -0.05) is 35.5 Å². The van der Waals surface area contributed by atoms with Gasteiger partial charge in [0.1, 0.15) is 5.69 Å². The summed E-state index contributed by atoms with van der Waals surface area (Å²) in [6.45, 7) is 1.91. The van der Waals surface area contributed by atoms with Crippen molar-refractivity contribution in [2.75, 3.05) is 20.2 Å². The molecule has 0 unspecified atom stereocenters. The predicted octanol–water partition coefficient (Wildman–Crippen LogP) is 1.83. The lowest BCUT2D eigenvalue weighted by Gasteiger charge is -2.39. The van der Waals surface area contributed by atoms with Gasteiger partial charge in [0.25, 0.3) is 0 Å². The van der Waals surface area contributed by atoms with Gasteiger partial charge in [0.05, 0.1) is 18.8 Å². The van der Waals surface area contributed by atoms with Crippen molar-refractivity contribution in [3.63, 3.8) is 0 Å². The highest BCUT2D eigenvalue weighted by Gasteiger charge is 2.32. The smallest absolute Gasteiger partial charge is 0.222 e. The van der Waals surface area contributed by atoms with Gasteiger partial charge in [0.2, 0.25) is 5.91 Å². The third-order valence-corrected chi connectivity index (χ3v) is 4.14. The SMILES string of the molecule is COCc1cn(C2CN(C(=O)CCCc3ccccc3)C2)nn1. The maximum Gasteiger partial charge on any atom is 0.222 e. The molecule has 1 saturated heterocycles. The van der Waals surface area contributed by atoms with Gasteiger partial charge in [-0.25, -0.2) is 4.68 Å². The largest absolute Gasteiger partial charge is 0.378 e.